The molecule has 4 aromatic rings. The third-order valence-electron chi connectivity index (χ3n) is 4.44. The van der Waals surface area contributed by atoms with Crippen molar-refractivity contribution in [3.63, 3.8) is 0 Å². The number of rotatable bonds is 5. The van der Waals surface area contributed by atoms with Crippen molar-refractivity contribution in [2.75, 3.05) is 11.1 Å². The first-order valence-corrected chi connectivity index (χ1v) is 9.40. The summed E-state index contributed by atoms with van der Waals surface area (Å²) in [4.78, 5) is 16.6. The number of pyridine rings is 1. The predicted octanol–water partition coefficient (Wildman–Crippen LogP) is 4.96. The predicted molar refractivity (Wildman–Crippen MR) is 113 cm³/mol. The number of hydrogen-bond acceptors (Lipinski definition) is 5. The summed E-state index contributed by atoms with van der Waals surface area (Å²) in [7, 11) is 0. The van der Waals surface area contributed by atoms with Gasteiger partial charge in [0.2, 0.25) is 11.8 Å². The van der Waals surface area contributed by atoms with Crippen molar-refractivity contribution in [3.8, 4) is 22.4 Å². The van der Waals surface area contributed by atoms with Crippen LogP contribution >= 0.6 is 11.6 Å². The molecule has 30 heavy (non-hydrogen) atoms. The Kier molecular flexibility index (Phi) is 5.45. The fourth-order valence-corrected chi connectivity index (χ4v) is 3.24. The number of benzene rings is 2. The molecule has 0 aliphatic rings. The van der Waals surface area contributed by atoms with E-state index in [1.165, 1.54) is 12.1 Å². The van der Waals surface area contributed by atoms with Crippen LogP contribution in [0.5, 0.6) is 0 Å². The normalized spacial score (nSPS) is 10.7. The van der Waals surface area contributed by atoms with Gasteiger partial charge in [0.05, 0.1) is 12.0 Å². The molecule has 0 atom stereocenters. The van der Waals surface area contributed by atoms with E-state index in [0.717, 1.165) is 0 Å². The van der Waals surface area contributed by atoms with Crippen LogP contribution in [-0.4, -0.2) is 16.0 Å². The van der Waals surface area contributed by atoms with E-state index in [-0.39, 0.29) is 24.0 Å². The van der Waals surface area contributed by atoms with Crippen molar-refractivity contribution in [2.24, 2.45) is 0 Å². The molecule has 0 fully saturated rings. The molecule has 8 heteroatoms. The summed E-state index contributed by atoms with van der Waals surface area (Å²) in [5.41, 5.74) is 8.74. The monoisotopic (exact) mass is 422 g/mol. The number of nitrogens with two attached hydrogens (primary N) is 1. The first-order chi connectivity index (χ1) is 14.5. The van der Waals surface area contributed by atoms with E-state index in [2.05, 4.69) is 15.5 Å². The lowest BCUT2D eigenvalue weighted by atomic mass is 10.0. The molecule has 2 aromatic heterocycles. The van der Waals surface area contributed by atoms with Crippen LogP contribution in [0.15, 0.2) is 71.4 Å². The molecule has 2 aromatic carbocycles. The molecule has 2 heterocycles. The van der Waals surface area contributed by atoms with Gasteiger partial charge in [-0.3, -0.25) is 10.1 Å². The molecule has 0 bridgehead atoms. The molecule has 0 unspecified atom stereocenters. The minimum Gasteiger partial charge on any atom is -0.384 e. The van der Waals surface area contributed by atoms with Gasteiger partial charge in [-0.2, -0.15) is 0 Å². The van der Waals surface area contributed by atoms with Crippen molar-refractivity contribution >= 4 is 29.2 Å². The third kappa shape index (κ3) is 4.16. The molecule has 3 N–H and O–H groups in total. The van der Waals surface area contributed by atoms with Gasteiger partial charge in [-0.25, -0.2) is 9.37 Å². The molecule has 1 amide bonds. The maximum Gasteiger partial charge on any atom is 0.239 e. The molecular formula is C22H16ClFN4O2. The number of aromatic nitrogens is 2. The fourth-order valence-electron chi connectivity index (χ4n) is 3.04. The van der Waals surface area contributed by atoms with Crippen molar-refractivity contribution in [1.82, 2.24) is 10.1 Å². The van der Waals surface area contributed by atoms with E-state index in [4.69, 9.17) is 21.9 Å². The van der Waals surface area contributed by atoms with E-state index in [0.29, 0.717) is 38.8 Å². The number of carbonyl (C=O) groups is 1. The van der Waals surface area contributed by atoms with Crippen LogP contribution in [0.3, 0.4) is 0 Å². The summed E-state index contributed by atoms with van der Waals surface area (Å²) in [6, 6.07) is 16.3. The number of halogens is 2. The van der Waals surface area contributed by atoms with E-state index < -0.39 is 0 Å². The SMILES string of the molecule is Nc1cc(-c2c(-c3ccc(F)cc3)noc2NC(=O)Cc2ccccc2Cl)ccn1. The van der Waals surface area contributed by atoms with Crippen LogP contribution in [0.25, 0.3) is 22.4 Å². The number of nitrogens with one attached hydrogen (secondary N) is 1. The number of nitrogens with zero attached hydrogens (tertiary/aromatic N) is 2. The van der Waals surface area contributed by atoms with Crippen molar-refractivity contribution in [1.29, 1.82) is 0 Å². The summed E-state index contributed by atoms with van der Waals surface area (Å²) in [6.45, 7) is 0. The second-order valence-electron chi connectivity index (χ2n) is 6.53. The summed E-state index contributed by atoms with van der Waals surface area (Å²) in [5, 5.41) is 7.34. The van der Waals surface area contributed by atoms with Gasteiger partial charge in [0.25, 0.3) is 0 Å². The lowest BCUT2D eigenvalue weighted by Gasteiger charge is -2.08. The topological polar surface area (TPSA) is 94.0 Å². The Morgan fingerprint density at radius 3 is 2.60 bits per heavy atom. The van der Waals surface area contributed by atoms with Crippen LogP contribution in [0.4, 0.5) is 16.1 Å². The van der Waals surface area contributed by atoms with Crippen LogP contribution in [0.1, 0.15) is 5.56 Å². The molecule has 4 rings (SSSR count). The van der Waals surface area contributed by atoms with Gasteiger partial charge in [-0.15, -0.1) is 0 Å². The first kappa shape index (κ1) is 19.6. The average Bonchev–Trinajstić information content (AvgIpc) is 3.13. The molecule has 150 valence electrons. The lowest BCUT2D eigenvalue weighted by Crippen LogP contribution is -2.14. The van der Waals surface area contributed by atoms with Crippen LogP contribution in [0, 0.1) is 5.82 Å². The van der Waals surface area contributed by atoms with Gasteiger partial charge in [-0.05, 0) is 53.6 Å². The molecule has 0 radical (unpaired) electrons. The zero-order valence-corrected chi connectivity index (χ0v) is 16.4. The fraction of sp³-hybridized carbons (Fsp3) is 0.0455. The smallest absolute Gasteiger partial charge is 0.239 e. The Balaban J connectivity index is 1.71. The van der Waals surface area contributed by atoms with Crippen LogP contribution < -0.4 is 11.1 Å². The quantitative estimate of drug-likeness (QED) is 0.474. The molecule has 0 aliphatic carbocycles. The lowest BCUT2D eigenvalue weighted by molar-refractivity contribution is -0.115. The van der Waals surface area contributed by atoms with Crippen molar-refractivity contribution in [2.45, 2.75) is 6.42 Å². The molecule has 0 saturated heterocycles. The molecule has 0 aliphatic heterocycles. The number of nitrogen functional groups attached to an aromatic ring is 1. The maximum absolute atomic E-state index is 13.4. The number of hydrogen-bond donors (Lipinski definition) is 2. The zero-order chi connectivity index (χ0) is 21.1. The van der Waals surface area contributed by atoms with Crippen LogP contribution in [0.2, 0.25) is 5.02 Å². The highest BCUT2D eigenvalue weighted by Crippen LogP contribution is 2.38. The molecule has 6 nitrogen and oxygen atoms in total. The third-order valence-corrected chi connectivity index (χ3v) is 4.81. The maximum atomic E-state index is 13.4. The Morgan fingerprint density at radius 2 is 1.87 bits per heavy atom. The highest BCUT2D eigenvalue weighted by Gasteiger charge is 2.22. The second-order valence-corrected chi connectivity index (χ2v) is 6.94. The van der Waals surface area contributed by atoms with Gasteiger partial charge >= 0.3 is 0 Å². The van der Waals surface area contributed by atoms with Crippen molar-refractivity contribution in [3.05, 3.63) is 83.3 Å². The molecule has 0 saturated carbocycles. The second kappa shape index (κ2) is 8.34. The highest BCUT2D eigenvalue weighted by atomic mass is 35.5. The van der Waals surface area contributed by atoms with E-state index in [9.17, 15) is 9.18 Å². The van der Waals surface area contributed by atoms with Gasteiger partial charge in [0, 0.05) is 16.8 Å². The number of anilines is 2. The van der Waals surface area contributed by atoms with Gasteiger partial charge in [0.15, 0.2) is 0 Å². The Bertz CT molecular complexity index is 1210. The average molecular weight is 423 g/mol. The summed E-state index contributed by atoms with van der Waals surface area (Å²) >= 11 is 6.15. The number of carbonyl (C=O) groups excluding carboxylic acids is 1. The van der Waals surface area contributed by atoms with E-state index >= 15 is 0 Å². The molecular weight excluding hydrogens is 407 g/mol. The first-order valence-electron chi connectivity index (χ1n) is 9.02. The van der Waals surface area contributed by atoms with E-state index in [1.54, 1.807) is 54.7 Å². The van der Waals surface area contributed by atoms with Gasteiger partial charge in [0.1, 0.15) is 17.3 Å². The number of amides is 1. The summed E-state index contributed by atoms with van der Waals surface area (Å²) in [6.07, 6.45) is 1.60. The van der Waals surface area contributed by atoms with Crippen molar-refractivity contribution < 1.29 is 13.7 Å². The summed E-state index contributed by atoms with van der Waals surface area (Å²) < 4.78 is 18.8. The van der Waals surface area contributed by atoms with Crippen LogP contribution in [-0.2, 0) is 11.2 Å². The Hall–Kier alpha value is -3.71. The standard InChI is InChI=1S/C22H16ClFN4O2/c23-17-4-2-1-3-14(17)12-19(29)27-22-20(15-9-10-26-18(25)11-15)21(28-30-22)13-5-7-16(24)8-6-13/h1-11H,12H2,(H2,25,26)(H,27,29). The Labute approximate surface area is 176 Å². The Morgan fingerprint density at radius 1 is 1.10 bits per heavy atom. The minimum atomic E-state index is -0.370. The largest absolute Gasteiger partial charge is 0.384 e. The molecule has 0 spiro atoms. The van der Waals surface area contributed by atoms with E-state index in [1.807, 2.05) is 0 Å². The highest BCUT2D eigenvalue weighted by molar-refractivity contribution is 6.31. The van der Waals surface area contributed by atoms with Gasteiger partial charge in [-0.1, -0.05) is 35.0 Å². The van der Waals surface area contributed by atoms with Gasteiger partial charge < -0.3 is 10.3 Å². The minimum absolute atomic E-state index is 0.0597. The summed E-state index contributed by atoms with van der Waals surface area (Å²) in [5.74, 6) is -0.248. The zero-order valence-electron chi connectivity index (χ0n) is 15.6.